The quantitative estimate of drug-likeness (QED) is 0.876. The summed E-state index contributed by atoms with van der Waals surface area (Å²) in [6.45, 7) is 4.22. The minimum Gasteiger partial charge on any atom is -0.333 e. The number of carbonyl (C=O) groups is 1. The fraction of sp³-hybridized carbons (Fsp3) is 0.500. The van der Waals surface area contributed by atoms with Gasteiger partial charge in [0.1, 0.15) is 0 Å². The van der Waals surface area contributed by atoms with Crippen LogP contribution >= 0.6 is 0 Å². The van der Waals surface area contributed by atoms with Crippen LogP contribution in [0.2, 0.25) is 0 Å². The molecular weight excluding hydrogens is 290 g/mol. The summed E-state index contributed by atoms with van der Waals surface area (Å²) in [5, 5.41) is 3.23. The van der Waals surface area contributed by atoms with Crippen LogP contribution in [-0.2, 0) is 10.0 Å². The van der Waals surface area contributed by atoms with Crippen LogP contribution in [0.25, 0.3) is 0 Å². The van der Waals surface area contributed by atoms with Gasteiger partial charge in [-0.2, -0.15) is 0 Å². The van der Waals surface area contributed by atoms with Crippen LogP contribution in [0.5, 0.6) is 0 Å². The number of hydrogen-bond donors (Lipinski definition) is 1. The minimum absolute atomic E-state index is 0.0576. The van der Waals surface area contributed by atoms with E-state index in [1.54, 1.807) is 12.1 Å². The van der Waals surface area contributed by atoms with E-state index >= 15 is 0 Å². The van der Waals surface area contributed by atoms with Crippen LogP contribution in [0.1, 0.15) is 17.3 Å². The number of carbonyl (C=O) groups excluding carboxylic acids is 1. The van der Waals surface area contributed by atoms with E-state index in [9.17, 15) is 13.2 Å². The Morgan fingerprint density at radius 2 is 1.90 bits per heavy atom. The summed E-state index contributed by atoms with van der Waals surface area (Å²) in [5.74, 6) is -0.0576. The van der Waals surface area contributed by atoms with Crippen molar-refractivity contribution in [3.63, 3.8) is 0 Å². The average molecular weight is 311 g/mol. The topological polar surface area (TPSA) is 69.7 Å². The Labute approximate surface area is 125 Å². The van der Waals surface area contributed by atoms with E-state index in [1.807, 2.05) is 11.8 Å². The number of benzene rings is 1. The van der Waals surface area contributed by atoms with E-state index in [-0.39, 0.29) is 16.8 Å². The van der Waals surface area contributed by atoms with E-state index in [1.165, 1.54) is 26.2 Å². The fourth-order valence-corrected chi connectivity index (χ4v) is 3.19. The van der Waals surface area contributed by atoms with Crippen molar-refractivity contribution in [1.82, 2.24) is 14.5 Å². The van der Waals surface area contributed by atoms with Crippen LogP contribution in [0.3, 0.4) is 0 Å². The van der Waals surface area contributed by atoms with Crippen LogP contribution in [0.15, 0.2) is 29.2 Å². The predicted octanol–water partition coefficient (Wildman–Crippen LogP) is 0.371. The van der Waals surface area contributed by atoms with Crippen molar-refractivity contribution < 1.29 is 13.2 Å². The first-order valence-corrected chi connectivity index (χ1v) is 8.32. The fourth-order valence-electron chi connectivity index (χ4n) is 2.29. The number of nitrogens with one attached hydrogen (secondary N) is 1. The molecule has 0 aliphatic carbocycles. The molecule has 1 heterocycles. The van der Waals surface area contributed by atoms with Crippen molar-refractivity contribution in [3.05, 3.63) is 29.8 Å². The van der Waals surface area contributed by atoms with E-state index in [0.29, 0.717) is 12.1 Å². The molecule has 1 saturated heterocycles. The maximum absolute atomic E-state index is 12.4. The predicted molar refractivity (Wildman–Crippen MR) is 80.7 cm³/mol. The average Bonchev–Trinajstić information content (AvgIpc) is 2.47. The van der Waals surface area contributed by atoms with Gasteiger partial charge >= 0.3 is 0 Å². The molecule has 1 aromatic carbocycles. The van der Waals surface area contributed by atoms with Crippen LogP contribution in [0, 0.1) is 0 Å². The smallest absolute Gasteiger partial charge is 0.254 e. The largest absolute Gasteiger partial charge is 0.333 e. The Morgan fingerprint density at radius 1 is 1.29 bits per heavy atom. The van der Waals surface area contributed by atoms with Gasteiger partial charge in [-0.15, -0.1) is 0 Å². The van der Waals surface area contributed by atoms with Gasteiger partial charge in [0.15, 0.2) is 0 Å². The second-order valence-electron chi connectivity index (χ2n) is 5.36. The molecule has 1 aliphatic heterocycles. The van der Waals surface area contributed by atoms with Crippen molar-refractivity contribution in [1.29, 1.82) is 0 Å². The first-order valence-electron chi connectivity index (χ1n) is 6.88. The van der Waals surface area contributed by atoms with E-state index < -0.39 is 10.0 Å². The first-order chi connectivity index (χ1) is 9.84. The molecule has 0 spiro atoms. The number of amides is 1. The molecule has 0 aromatic heterocycles. The molecule has 0 saturated carbocycles. The molecular formula is C14H21N3O3S. The summed E-state index contributed by atoms with van der Waals surface area (Å²) >= 11 is 0. The molecule has 0 unspecified atom stereocenters. The molecule has 21 heavy (non-hydrogen) atoms. The van der Waals surface area contributed by atoms with Gasteiger partial charge in [-0.05, 0) is 31.2 Å². The molecule has 1 aliphatic rings. The molecule has 0 radical (unpaired) electrons. The summed E-state index contributed by atoms with van der Waals surface area (Å²) < 4.78 is 25.1. The monoisotopic (exact) mass is 311 g/mol. The maximum Gasteiger partial charge on any atom is 0.254 e. The third-order valence-corrected chi connectivity index (χ3v) is 5.47. The SMILES string of the molecule is C[C@@H]1CNCCN1C(=O)c1ccc(S(=O)(=O)N(C)C)cc1. The molecule has 1 fully saturated rings. The zero-order chi connectivity index (χ0) is 15.6. The Morgan fingerprint density at radius 3 is 2.43 bits per heavy atom. The second-order valence-corrected chi connectivity index (χ2v) is 7.52. The number of rotatable bonds is 3. The Balaban J connectivity index is 2.21. The van der Waals surface area contributed by atoms with E-state index in [2.05, 4.69) is 5.32 Å². The minimum atomic E-state index is -3.46. The van der Waals surface area contributed by atoms with Gasteiger partial charge in [-0.1, -0.05) is 0 Å². The number of nitrogens with zero attached hydrogens (tertiary/aromatic N) is 2. The maximum atomic E-state index is 12.4. The summed E-state index contributed by atoms with van der Waals surface area (Å²) in [5.41, 5.74) is 0.515. The summed E-state index contributed by atoms with van der Waals surface area (Å²) in [6.07, 6.45) is 0. The third-order valence-electron chi connectivity index (χ3n) is 3.64. The number of sulfonamides is 1. The number of hydrogen-bond acceptors (Lipinski definition) is 4. The zero-order valence-corrected chi connectivity index (χ0v) is 13.4. The highest BCUT2D eigenvalue weighted by Crippen LogP contribution is 2.16. The van der Waals surface area contributed by atoms with Crippen molar-refractivity contribution in [2.75, 3.05) is 33.7 Å². The highest BCUT2D eigenvalue weighted by Gasteiger charge is 2.24. The second kappa shape index (κ2) is 6.13. The van der Waals surface area contributed by atoms with Gasteiger partial charge in [0.05, 0.1) is 4.90 Å². The van der Waals surface area contributed by atoms with Gasteiger partial charge in [0.2, 0.25) is 10.0 Å². The van der Waals surface area contributed by atoms with Crippen molar-refractivity contribution in [2.24, 2.45) is 0 Å². The van der Waals surface area contributed by atoms with Crippen molar-refractivity contribution in [3.8, 4) is 0 Å². The lowest BCUT2D eigenvalue weighted by Gasteiger charge is -2.34. The lowest BCUT2D eigenvalue weighted by molar-refractivity contribution is 0.0655. The lowest BCUT2D eigenvalue weighted by atomic mass is 10.1. The van der Waals surface area contributed by atoms with Crippen molar-refractivity contribution >= 4 is 15.9 Å². The molecule has 116 valence electrons. The summed E-state index contributed by atoms with van der Waals surface area (Å²) in [4.78, 5) is 14.4. The lowest BCUT2D eigenvalue weighted by Crippen LogP contribution is -2.52. The zero-order valence-electron chi connectivity index (χ0n) is 12.5. The first kappa shape index (κ1) is 15.9. The Hall–Kier alpha value is -1.44. The van der Waals surface area contributed by atoms with E-state index in [4.69, 9.17) is 0 Å². The van der Waals surface area contributed by atoms with Crippen LogP contribution < -0.4 is 5.32 Å². The van der Waals surface area contributed by atoms with Gasteiger partial charge in [0, 0.05) is 45.3 Å². The molecule has 2 rings (SSSR count). The molecule has 0 bridgehead atoms. The van der Waals surface area contributed by atoms with Gasteiger partial charge in [0.25, 0.3) is 5.91 Å². The molecule has 7 heteroatoms. The Kier molecular flexibility index (Phi) is 4.65. The summed E-state index contributed by atoms with van der Waals surface area (Å²) in [6, 6.07) is 6.25. The van der Waals surface area contributed by atoms with Gasteiger partial charge < -0.3 is 10.2 Å². The van der Waals surface area contributed by atoms with Crippen LogP contribution in [0.4, 0.5) is 0 Å². The number of piperazine rings is 1. The standard InChI is InChI=1S/C14H21N3O3S/c1-11-10-15-8-9-17(11)14(18)12-4-6-13(7-5-12)21(19,20)16(2)3/h4-7,11,15H,8-10H2,1-3H3/t11-/m1/s1. The molecule has 1 atom stereocenters. The summed E-state index contributed by atoms with van der Waals surface area (Å²) in [7, 11) is -0.491. The van der Waals surface area contributed by atoms with Gasteiger partial charge in [-0.3, -0.25) is 4.79 Å². The Bertz CT molecular complexity index is 611. The molecule has 1 aromatic rings. The van der Waals surface area contributed by atoms with Crippen LogP contribution in [-0.4, -0.2) is 63.3 Å². The normalized spacial score (nSPS) is 19.8. The molecule has 6 nitrogen and oxygen atoms in total. The molecule has 1 amide bonds. The highest BCUT2D eigenvalue weighted by atomic mass is 32.2. The highest BCUT2D eigenvalue weighted by molar-refractivity contribution is 7.89. The van der Waals surface area contributed by atoms with E-state index in [0.717, 1.165) is 17.4 Å². The van der Waals surface area contributed by atoms with Gasteiger partial charge in [-0.25, -0.2) is 12.7 Å². The molecule has 1 N–H and O–H groups in total. The van der Waals surface area contributed by atoms with Crippen molar-refractivity contribution in [2.45, 2.75) is 17.9 Å². The third kappa shape index (κ3) is 3.25.